The van der Waals surface area contributed by atoms with Crippen LogP contribution in [0.3, 0.4) is 0 Å². The molecule has 108 valence electrons. The van der Waals surface area contributed by atoms with Gasteiger partial charge in [0.2, 0.25) is 0 Å². The van der Waals surface area contributed by atoms with Crippen molar-refractivity contribution in [3.05, 3.63) is 0 Å². The normalized spacial score (nSPS) is 29.5. The van der Waals surface area contributed by atoms with Crippen LogP contribution in [-0.4, -0.2) is 41.7 Å². The van der Waals surface area contributed by atoms with Crippen molar-refractivity contribution in [1.82, 2.24) is 4.90 Å². The number of carbonyl (C=O) groups excluding carboxylic acids is 2. The zero-order valence-electron chi connectivity index (χ0n) is 11.5. The molecule has 1 heterocycles. The largest absolute Gasteiger partial charge is 0.449 e. The average molecular weight is 290 g/mol. The number of likely N-dealkylation sites (tertiary alicyclic amines) is 1. The minimum absolute atomic E-state index is 0.109. The van der Waals surface area contributed by atoms with E-state index >= 15 is 0 Å². The van der Waals surface area contributed by atoms with E-state index in [4.69, 9.17) is 21.1 Å². The zero-order valence-corrected chi connectivity index (χ0v) is 12.3. The van der Waals surface area contributed by atoms with Gasteiger partial charge in [0.1, 0.15) is 5.60 Å². The van der Waals surface area contributed by atoms with Gasteiger partial charge in [0, 0.05) is 13.1 Å². The van der Waals surface area contributed by atoms with E-state index in [1.54, 1.807) is 4.90 Å². The Balaban J connectivity index is 1.87. The molecule has 0 N–H and O–H groups in total. The number of fused-ring (bicyclic) bond motifs is 1. The van der Waals surface area contributed by atoms with Crippen molar-refractivity contribution in [2.75, 3.05) is 19.2 Å². The van der Waals surface area contributed by atoms with Gasteiger partial charge >= 0.3 is 12.1 Å². The predicted molar refractivity (Wildman–Crippen MR) is 69.7 cm³/mol. The maximum atomic E-state index is 11.9. The fraction of sp³-hybridized carbons (Fsp3) is 0.846. The Bertz CT molecular complexity index is 379. The van der Waals surface area contributed by atoms with E-state index < -0.39 is 5.60 Å². The Hall–Kier alpha value is -0.970. The van der Waals surface area contributed by atoms with E-state index in [1.165, 1.54) is 0 Å². The van der Waals surface area contributed by atoms with Crippen LogP contribution in [0.5, 0.6) is 0 Å². The third-order valence-corrected chi connectivity index (χ3v) is 3.83. The SMILES string of the molecule is CC(C)(C)OC(=O)N1C[C@@H]2C[C@@H](C(=O)OCCl)[C@@H]2C1. The van der Waals surface area contributed by atoms with Gasteiger partial charge in [-0.2, -0.15) is 0 Å². The molecule has 1 saturated carbocycles. The Labute approximate surface area is 118 Å². The van der Waals surface area contributed by atoms with Crippen molar-refractivity contribution in [1.29, 1.82) is 0 Å². The Morgan fingerprint density at radius 3 is 2.58 bits per heavy atom. The molecule has 2 rings (SSSR count). The summed E-state index contributed by atoms with van der Waals surface area (Å²) in [6.07, 6.45) is 0.478. The fourth-order valence-electron chi connectivity index (χ4n) is 2.81. The molecule has 0 bridgehead atoms. The number of amides is 1. The molecule has 0 radical (unpaired) electrons. The van der Waals surface area contributed by atoms with Crippen LogP contribution < -0.4 is 0 Å². The Morgan fingerprint density at radius 1 is 1.32 bits per heavy atom. The van der Waals surface area contributed by atoms with Gasteiger partial charge in [-0.05, 0) is 39.0 Å². The second kappa shape index (κ2) is 5.19. The molecule has 0 spiro atoms. The molecule has 6 heteroatoms. The number of alkyl halides is 1. The van der Waals surface area contributed by atoms with E-state index in [2.05, 4.69) is 0 Å². The third kappa shape index (κ3) is 3.14. The summed E-state index contributed by atoms with van der Waals surface area (Å²) in [6.45, 7) is 6.77. The van der Waals surface area contributed by atoms with Crippen LogP contribution in [-0.2, 0) is 14.3 Å². The van der Waals surface area contributed by atoms with Gasteiger partial charge in [-0.1, -0.05) is 11.6 Å². The van der Waals surface area contributed by atoms with Crippen LogP contribution in [0.2, 0.25) is 0 Å². The van der Waals surface area contributed by atoms with Crippen molar-refractivity contribution < 1.29 is 19.1 Å². The molecule has 5 nitrogen and oxygen atoms in total. The maximum absolute atomic E-state index is 11.9. The van der Waals surface area contributed by atoms with E-state index in [9.17, 15) is 9.59 Å². The summed E-state index contributed by atoms with van der Waals surface area (Å²) in [4.78, 5) is 25.3. The lowest BCUT2D eigenvalue weighted by Gasteiger charge is -2.36. The lowest BCUT2D eigenvalue weighted by Crippen LogP contribution is -2.41. The number of nitrogens with zero attached hydrogens (tertiary/aromatic N) is 1. The second-order valence-corrected chi connectivity index (χ2v) is 6.44. The monoisotopic (exact) mass is 289 g/mol. The van der Waals surface area contributed by atoms with Gasteiger partial charge in [-0.25, -0.2) is 4.79 Å². The van der Waals surface area contributed by atoms with Crippen molar-refractivity contribution in [3.8, 4) is 0 Å². The lowest BCUT2D eigenvalue weighted by molar-refractivity contribution is -0.154. The van der Waals surface area contributed by atoms with Crippen LogP contribution in [0, 0.1) is 17.8 Å². The minimum atomic E-state index is -0.490. The van der Waals surface area contributed by atoms with Crippen molar-refractivity contribution in [2.45, 2.75) is 32.8 Å². The van der Waals surface area contributed by atoms with Crippen molar-refractivity contribution in [3.63, 3.8) is 0 Å². The standard InChI is InChI=1S/C13H20ClNO4/c1-13(2,3)19-12(17)15-5-8-4-9(10(8)6-15)11(16)18-7-14/h8-10H,4-7H2,1-3H3/t8-,9+,10+/m0/s1. The smallest absolute Gasteiger partial charge is 0.410 e. The van der Waals surface area contributed by atoms with Crippen LogP contribution in [0.4, 0.5) is 4.79 Å². The third-order valence-electron chi connectivity index (χ3n) is 3.72. The van der Waals surface area contributed by atoms with Crippen LogP contribution in [0.25, 0.3) is 0 Å². The van der Waals surface area contributed by atoms with Gasteiger partial charge < -0.3 is 14.4 Å². The molecule has 1 saturated heterocycles. The molecule has 0 aromatic heterocycles. The van der Waals surface area contributed by atoms with E-state index in [-0.39, 0.29) is 30.0 Å². The highest BCUT2D eigenvalue weighted by atomic mass is 35.5. The summed E-state index contributed by atoms with van der Waals surface area (Å²) in [7, 11) is 0. The average Bonchev–Trinajstić information content (AvgIpc) is 2.55. The van der Waals surface area contributed by atoms with Crippen molar-refractivity contribution in [2.24, 2.45) is 17.8 Å². The quantitative estimate of drug-likeness (QED) is 0.578. The van der Waals surface area contributed by atoms with Crippen molar-refractivity contribution >= 4 is 23.7 Å². The number of halogens is 1. The van der Waals surface area contributed by atoms with Crippen LogP contribution in [0.1, 0.15) is 27.2 Å². The molecular formula is C13H20ClNO4. The molecule has 1 aliphatic carbocycles. The number of esters is 1. The first-order valence-corrected chi connectivity index (χ1v) is 7.06. The first kappa shape index (κ1) is 14.4. The first-order valence-electron chi connectivity index (χ1n) is 6.52. The van der Waals surface area contributed by atoms with Gasteiger partial charge in [-0.3, -0.25) is 4.79 Å². The first-order chi connectivity index (χ1) is 8.81. The lowest BCUT2D eigenvalue weighted by atomic mass is 9.67. The topological polar surface area (TPSA) is 55.8 Å². The summed E-state index contributed by atoms with van der Waals surface area (Å²) < 4.78 is 10.2. The van der Waals surface area contributed by atoms with E-state index in [0.717, 1.165) is 6.42 Å². The van der Waals surface area contributed by atoms with Crippen LogP contribution >= 0.6 is 11.6 Å². The minimum Gasteiger partial charge on any atom is -0.449 e. The second-order valence-electron chi connectivity index (χ2n) is 6.22. The number of hydrogen-bond acceptors (Lipinski definition) is 4. The number of carbonyl (C=O) groups is 2. The van der Waals surface area contributed by atoms with Gasteiger partial charge in [-0.15, -0.1) is 0 Å². The number of hydrogen-bond donors (Lipinski definition) is 0. The molecule has 1 aliphatic heterocycles. The maximum Gasteiger partial charge on any atom is 0.410 e. The Morgan fingerprint density at radius 2 is 2.00 bits per heavy atom. The number of rotatable bonds is 2. The highest BCUT2D eigenvalue weighted by Gasteiger charge is 2.52. The summed E-state index contributed by atoms with van der Waals surface area (Å²) in [5.41, 5.74) is -0.490. The van der Waals surface area contributed by atoms with Gasteiger partial charge in [0.05, 0.1) is 5.92 Å². The summed E-state index contributed by atoms with van der Waals surface area (Å²) in [6, 6.07) is -0.109. The van der Waals surface area contributed by atoms with Gasteiger partial charge in [0.15, 0.2) is 6.07 Å². The Kier molecular flexibility index (Phi) is 3.95. The predicted octanol–water partition coefficient (Wildman–Crippen LogP) is 2.23. The zero-order chi connectivity index (χ0) is 14.2. The van der Waals surface area contributed by atoms with E-state index in [1.807, 2.05) is 20.8 Å². The molecule has 0 unspecified atom stereocenters. The van der Waals surface area contributed by atoms with Crippen LogP contribution in [0.15, 0.2) is 0 Å². The molecule has 1 amide bonds. The molecule has 3 atom stereocenters. The van der Waals surface area contributed by atoms with Gasteiger partial charge in [0.25, 0.3) is 0 Å². The highest BCUT2D eigenvalue weighted by molar-refractivity contribution is 6.17. The molecule has 2 aliphatic rings. The molecule has 2 fully saturated rings. The molecular weight excluding hydrogens is 270 g/mol. The molecule has 0 aromatic rings. The van der Waals surface area contributed by atoms with E-state index in [0.29, 0.717) is 19.0 Å². The summed E-state index contributed by atoms with van der Waals surface area (Å²) in [5, 5.41) is 0. The summed E-state index contributed by atoms with van der Waals surface area (Å²) in [5.74, 6) is 0.224. The summed E-state index contributed by atoms with van der Waals surface area (Å²) >= 11 is 5.39. The number of ether oxygens (including phenoxy) is 2. The molecule has 0 aromatic carbocycles. The fourth-order valence-corrected chi connectivity index (χ4v) is 2.92. The molecule has 19 heavy (non-hydrogen) atoms. The highest BCUT2D eigenvalue weighted by Crippen LogP contribution is 2.46.